The van der Waals surface area contributed by atoms with E-state index in [0.29, 0.717) is 6.42 Å². The fourth-order valence-electron chi connectivity index (χ4n) is 3.52. The van der Waals surface area contributed by atoms with E-state index in [1.165, 1.54) is 25.5 Å². The van der Waals surface area contributed by atoms with Gasteiger partial charge in [0, 0.05) is 18.8 Å². The highest BCUT2D eigenvalue weighted by atomic mass is 16.5. The van der Waals surface area contributed by atoms with E-state index in [4.69, 9.17) is 0 Å². The lowest BCUT2D eigenvalue weighted by atomic mass is 10.00. The van der Waals surface area contributed by atoms with E-state index in [-0.39, 0.29) is 11.8 Å². The molecule has 150 valence electrons. The molecule has 2 amide bonds. The highest BCUT2D eigenvalue weighted by molar-refractivity contribution is 5.96. The van der Waals surface area contributed by atoms with Gasteiger partial charge in [-0.15, -0.1) is 0 Å². The second-order valence-electron chi connectivity index (χ2n) is 7.99. The molecule has 6 nitrogen and oxygen atoms in total. The molecule has 1 saturated heterocycles. The summed E-state index contributed by atoms with van der Waals surface area (Å²) in [5, 5.41) is 5.50. The average molecular weight is 376 g/mol. The van der Waals surface area contributed by atoms with Crippen LogP contribution in [0.15, 0.2) is 24.3 Å². The summed E-state index contributed by atoms with van der Waals surface area (Å²) in [7, 11) is 1.29. The van der Waals surface area contributed by atoms with E-state index in [0.717, 1.165) is 31.2 Å². The molecule has 1 aliphatic heterocycles. The zero-order valence-corrected chi connectivity index (χ0v) is 17.0. The Labute approximate surface area is 162 Å². The van der Waals surface area contributed by atoms with Crippen LogP contribution in [0.1, 0.15) is 45.6 Å². The van der Waals surface area contributed by atoms with Gasteiger partial charge in [-0.1, -0.05) is 32.9 Å². The number of amides is 2. The highest BCUT2D eigenvalue weighted by Gasteiger charge is 2.22. The van der Waals surface area contributed by atoms with Crippen LogP contribution < -0.4 is 10.6 Å². The van der Waals surface area contributed by atoms with Crippen molar-refractivity contribution < 1.29 is 14.3 Å². The quantitative estimate of drug-likeness (QED) is 0.763. The standard InChI is InChI=1S/C21H33N3O3/c1-15(2)12-19(23-21(26)27-4)20(25)22-18-9-7-17(8-10-18)14-24-11-5-6-16(3)13-24/h7-10,15-16,19H,5-6,11-14H2,1-4H3,(H,22,25)(H,23,26). The van der Waals surface area contributed by atoms with E-state index < -0.39 is 12.1 Å². The third-order valence-electron chi connectivity index (χ3n) is 4.87. The third kappa shape index (κ3) is 7.21. The average Bonchev–Trinajstić information content (AvgIpc) is 2.62. The number of methoxy groups -OCH3 is 1. The number of nitrogens with zero attached hydrogens (tertiary/aromatic N) is 1. The first-order chi connectivity index (χ1) is 12.9. The normalized spacial score (nSPS) is 18.8. The first-order valence-corrected chi connectivity index (χ1v) is 9.84. The number of anilines is 1. The van der Waals surface area contributed by atoms with Crippen LogP contribution in [-0.2, 0) is 16.1 Å². The number of benzene rings is 1. The van der Waals surface area contributed by atoms with Crippen LogP contribution in [0.2, 0.25) is 0 Å². The van der Waals surface area contributed by atoms with Gasteiger partial charge in [0.2, 0.25) is 5.91 Å². The van der Waals surface area contributed by atoms with Gasteiger partial charge in [-0.25, -0.2) is 4.79 Å². The maximum Gasteiger partial charge on any atom is 0.407 e. The number of piperidine rings is 1. The van der Waals surface area contributed by atoms with Gasteiger partial charge in [0.05, 0.1) is 7.11 Å². The number of hydrogen-bond donors (Lipinski definition) is 2. The number of ether oxygens (including phenoxy) is 1. The molecule has 1 aliphatic rings. The SMILES string of the molecule is COC(=O)NC(CC(C)C)C(=O)Nc1ccc(CN2CCCC(C)C2)cc1. The number of carbonyl (C=O) groups is 2. The first-order valence-electron chi connectivity index (χ1n) is 9.84. The minimum Gasteiger partial charge on any atom is -0.453 e. The first kappa shape index (κ1) is 21.2. The van der Waals surface area contributed by atoms with Crippen molar-refractivity contribution >= 4 is 17.7 Å². The number of carbonyl (C=O) groups excluding carboxylic acids is 2. The van der Waals surface area contributed by atoms with Crippen molar-refractivity contribution in [1.82, 2.24) is 10.2 Å². The summed E-state index contributed by atoms with van der Waals surface area (Å²) in [5.74, 6) is 0.802. The van der Waals surface area contributed by atoms with E-state index in [2.05, 4.69) is 39.3 Å². The third-order valence-corrected chi connectivity index (χ3v) is 4.87. The molecule has 0 bridgehead atoms. The Morgan fingerprint density at radius 2 is 1.96 bits per heavy atom. The molecule has 2 atom stereocenters. The molecule has 27 heavy (non-hydrogen) atoms. The van der Waals surface area contributed by atoms with Gasteiger partial charge in [0.25, 0.3) is 0 Å². The molecular weight excluding hydrogens is 342 g/mol. The largest absolute Gasteiger partial charge is 0.453 e. The molecular formula is C21H33N3O3. The Hall–Kier alpha value is -2.08. The molecule has 0 saturated carbocycles. The Kier molecular flexibility index (Phi) is 8.10. The van der Waals surface area contributed by atoms with Gasteiger partial charge in [-0.3, -0.25) is 9.69 Å². The molecule has 0 aliphatic carbocycles. The van der Waals surface area contributed by atoms with Crippen molar-refractivity contribution in [3.8, 4) is 0 Å². The molecule has 1 aromatic carbocycles. The Morgan fingerprint density at radius 1 is 1.26 bits per heavy atom. The van der Waals surface area contributed by atoms with Crippen molar-refractivity contribution in [1.29, 1.82) is 0 Å². The summed E-state index contributed by atoms with van der Waals surface area (Å²) >= 11 is 0. The zero-order valence-electron chi connectivity index (χ0n) is 17.0. The van der Waals surface area contributed by atoms with Crippen molar-refractivity contribution in [3.05, 3.63) is 29.8 Å². The smallest absolute Gasteiger partial charge is 0.407 e. The van der Waals surface area contributed by atoms with Gasteiger partial charge in [0.1, 0.15) is 6.04 Å². The van der Waals surface area contributed by atoms with Gasteiger partial charge in [0.15, 0.2) is 0 Å². The van der Waals surface area contributed by atoms with E-state index in [1.54, 1.807) is 0 Å². The van der Waals surface area contributed by atoms with Crippen LogP contribution >= 0.6 is 0 Å². The van der Waals surface area contributed by atoms with Gasteiger partial charge in [-0.2, -0.15) is 0 Å². The predicted molar refractivity (Wildman–Crippen MR) is 108 cm³/mol. The summed E-state index contributed by atoms with van der Waals surface area (Å²) in [6.45, 7) is 9.57. The lowest BCUT2D eigenvalue weighted by molar-refractivity contribution is -0.118. The highest BCUT2D eigenvalue weighted by Crippen LogP contribution is 2.19. The summed E-state index contributed by atoms with van der Waals surface area (Å²) in [4.78, 5) is 26.5. The number of hydrogen-bond acceptors (Lipinski definition) is 4. The van der Waals surface area contributed by atoms with E-state index in [9.17, 15) is 9.59 Å². The Morgan fingerprint density at radius 3 is 2.56 bits per heavy atom. The topological polar surface area (TPSA) is 70.7 Å². The molecule has 1 aromatic rings. The summed E-state index contributed by atoms with van der Waals surface area (Å²) in [6.07, 6.45) is 2.53. The Bertz CT molecular complexity index is 616. The summed E-state index contributed by atoms with van der Waals surface area (Å²) in [6, 6.07) is 7.34. The van der Waals surface area contributed by atoms with Crippen LogP contribution in [0, 0.1) is 11.8 Å². The molecule has 2 unspecified atom stereocenters. The van der Waals surface area contributed by atoms with Crippen LogP contribution in [0.5, 0.6) is 0 Å². The molecule has 1 heterocycles. The van der Waals surface area contributed by atoms with E-state index >= 15 is 0 Å². The molecule has 0 radical (unpaired) electrons. The fraction of sp³-hybridized carbons (Fsp3) is 0.619. The number of rotatable bonds is 7. The lowest BCUT2D eigenvalue weighted by Gasteiger charge is -2.30. The lowest BCUT2D eigenvalue weighted by Crippen LogP contribution is -2.44. The number of alkyl carbamates (subject to hydrolysis) is 1. The van der Waals surface area contributed by atoms with Crippen molar-refractivity contribution in [3.63, 3.8) is 0 Å². The van der Waals surface area contributed by atoms with Gasteiger partial charge >= 0.3 is 6.09 Å². The monoisotopic (exact) mass is 375 g/mol. The van der Waals surface area contributed by atoms with Crippen molar-refractivity contribution in [2.45, 2.75) is 52.6 Å². The number of nitrogens with one attached hydrogen (secondary N) is 2. The molecule has 0 aromatic heterocycles. The van der Waals surface area contributed by atoms with Crippen LogP contribution in [0.25, 0.3) is 0 Å². The molecule has 0 spiro atoms. The second kappa shape index (κ2) is 10.3. The van der Waals surface area contributed by atoms with Crippen LogP contribution in [0.4, 0.5) is 10.5 Å². The minimum absolute atomic E-state index is 0.230. The van der Waals surface area contributed by atoms with Crippen LogP contribution in [0.3, 0.4) is 0 Å². The fourth-order valence-corrected chi connectivity index (χ4v) is 3.52. The zero-order chi connectivity index (χ0) is 19.8. The van der Waals surface area contributed by atoms with Gasteiger partial charge < -0.3 is 15.4 Å². The molecule has 1 fully saturated rings. The molecule has 6 heteroatoms. The minimum atomic E-state index is -0.619. The van der Waals surface area contributed by atoms with Crippen molar-refractivity contribution in [2.24, 2.45) is 11.8 Å². The second-order valence-corrected chi connectivity index (χ2v) is 7.99. The molecule has 2 rings (SSSR count). The van der Waals surface area contributed by atoms with Crippen LogP contribution in [-0.4, -0.2) is 43.1 Å². The van der Waals surface area contributed by atoms with Gasteiger partial charge in [-0.05, 0) is 55.3 Å². The maximum atomic E-state index is 12.5. The maximum absolute atomic E-state index is 12.5. The van der Waals surface area contributed by atoms with Crippen molar-refractivity contribution in [2.75, 3.05) is 25.5 Å². The predicted octanol–water partition coefficient (Wildman–Crippen LogP) is 3.63. The number of likely N-dealkylation sites (tertiary alicyclic amines) is 1. The summed E-state index contributed by atoms with van der Waals surface area (Å²) in [5.41, 5.74) is 1.98. The Balaban J connectivity index is 1.92. The van der Waals surface area contributed by atoms with E-state index in [1.807, 2.05) is 26.0 Å². The molecule has 2 N–H and O–H groups in total. The summed E-state index contributed by atoms with van der Waals surface area (Å²) < 4.78 is 4.62.